The van der Waals surface area contributed by atoms with Crippen LogP contribution < -0.4 is 0 Å². The molecule has 0 aromatic rings. The fourth-order valence-corrected chi connectivity index (χ4v) is 7.96. The molecule has 0 amide bonds. The molecule has 0 aliphatic carbocycles. The summed E-state index contributed by atoms with van der Waals surface area (Å²) in [5.41, 5.74) is 0. The van der Waals surface area contributed by atoms with Gasteiger partial charge in [-0.15, -0.1) is 0 Å². The van der Waals surface area contributed by atoms with Crippen molar-refractivity contribution < 1.29 is 28.6 Å². The summed E-state index contributed by atoms with van der Waals surface area (Å²) in [6.07, 6.45) is 83.8. The summed E-state index contributed by atoms with van der Waals surface area (Å²) in [5, 5.41) is 0. The Bertz CT molecular complexity index is 1540. The normalized spacial score (nSPS) is 13.0. The molecule has 0 radical (unpaired) electrons. The summed E-state index contributed by atoms with van der Waals surface area (Å²) >= 11 is 0. The molecule has 1 atom stereocenters. The fraction of sp³-hybridized carbons (Fsp3) is 0.657. The molecule has 0 bridgehead atoms. The maximum atomic E-state index is 12.8. The van der Waals surface area contributed by atoms with Crippen LogP contribution in [0.25, 0.3) is 0 Å². The van der Waals surface area contributed by atoms with Crippen molar-refractivity contribution >= 4 is 17.9 Å². The van der Waals surface area contributed by atoms with E-state index in [2.05, 4.69) is 142 Å². The number of hydrogen-bond acceptors (Lipinski definition) is 6. The summed E-state index contributed by atoms with van der Waals surface area (Å²) in [6.45, 7) is 6.42. The molecule has 0 aromatic carbocycles. The third-order valence-corrected chi connectivity index (χ3v) is 12.5. The van der Waals surface area contributed by atoms with Crippen LogP contribution in [0.3, 0.4) is 0 Å². The largest absolute Gasteiger partial charge is 0.462 e. The van der Waals surface area contributed by atoms with Crippen LogP contribution in [0.2, 0.25) is 0 Å². The maximum absolute atomic E-state index is 12.8. The average molecular weight is 1010 g/mol. The van der Waals surface area contributed by atoms with Gasteiger partial charge in [0.15, 0.2) is 6.10 Å². The molecule has 6 nitrogen and oxygen atoms in total. The first kappa shape index (κ1) is 68.8. The molecule has 73 heavy (non-hydrogen) atoms. The lowest BCUT2D eigenvalue weighted by Crippen LogP contribution is -2.30. The molecular formula is C67H110O6. The lowest BCUT2D eigenvalue weighted by molar-refractivity contribution is -0.167. The topological polar surface area (TPSA) is 78.9 Å². The van der Waals surface area contributed by atoms with Crippen molar-refractivity contribution in [3.63, 3.8) is 0 Å². The van der Waals surface area contributed by atoms with Crippen molar-refractivity contribution in [2.24, 2.45) is 0 Å². The van der Waals surface area contributed by atoms with E-state index in [0.717, 1.165) is 141 Å². The second-order valence-corrected chi connectivity index (χ2v) is 19.5. The van der Waals surface area contributed by atoms with Gasteiger partial charge >= 0.3 is 17.9 Å². The van der Waals surface area contributed by atoms with E-state index in [0.29, 0.717) is 19.3 Å². The Hall–Kier alpha value is -4.19. The van der Waals surface area contributed by atoms with Gasteiger partial charge in [0.05, 0.1) is 0 Å². The molecule has 0 heterocycles. The molecule has 0 N–H and O–H groups in total. The average Bonchev–Trinajstić information content (AvgIpc) is 3.39. The zero-order valence-electron chi connectivity index (χ0n) is 47.4. The monoisotopic (exact) mass is 1010 g/mol. The number of carbonyl (C=O) groups is 3. The van der Waals surface area contributed by atoms with E-state index < -0.39 is 6.10 Å². The Kier molecular flexibility index (Phi) is 56.9. The number of esters is 3. The van der Waals surface area contributed by atoms with E-state index in [9.17, 15) is 14.4 Å². The highest BCUT2D eigenvalue weighted by molar-refractivity contribution is 5.71. The summed E-state index contributed by atoms with van der Waals surface area (Å²) in [6, 6.07) is 0. The minimum Gasteiger partial charge on any atom is -0.462 e. The van der Waals surface area contributed by atoms with Gasteiger partial charge in [-0.1, -0.05) is 251 Å². The highest BCUT2D eigenvalue weighted by Crippen LogP contribution is 2.14. The van der Waals surface area contributed by atoms with Gasteiger partial charge in [-0.05, 0) is 116 Å². The lowest BCUT2D eigenvalue weighted by atomic mass is 10.1. The first-order valence-corrected chi connectivity index (χ1v) is 30.0. The number of allylic oxidation sites excluding steroid dienone is 20. The van der Waals surface area contributed by atoms with Crippen LogP contribution >= 0.6 is 0 Å². The molecule has 0 fully saturated rings. The Morgan fingerprint density at radius 1 is 0.288 bits per heavy atom. The van der Waals surface area contributed by atoms with Crippen molar-refractivity contribution in [3.05, 3.63) is 122 Å². The molecule has 414 valence electrons. The molecule has 0 aliphatic heterocycles. The van der Waals surface area contributed by atoms with Crippen LogP contribution in [0.1, 0.15) is 265 Å². The smallest absolute Gasteiger partial charge is 0.306 e. The highest BCUT2D eigenvalue weighted by Gasteiger charge is 2.19. The van der Waals surface area contributed by atoms with Gasteiger partial charge in [0.2, 0.25) is 0 Å². The molecule has 0 aliphatic rings. The fourth-order valence-electron chi connectivity index (χ4n) is 7.96. The Labute approximate surface area is 450 Å². The van der Waals surface area contributed by atoms with Gasteiger partial charge in [-0.3, -0.25) is 14.4 Å². The van der Waals surface area contributed by atoms with E-state index in [4.69, 9.17) is 14.2 Å². The van der Waals surface area contributed by atoms with Gasteiger partial charge in [0.1, 0.15) is 13.2 Å². The number of rotatable bonds is 53. The molecule has 0 rings (SSSR count). The van der Waals surface area contributed by atoms with Crippen LogP contribution in [-0.4, -0.2) is 37.2 Å². The van der Waals surface area contributed by atoms with Gasteiger partial charge in [0, 0.05) is 19.3 Å². The SMILES string of the molecule is CC/C=C\C/C=C\C/C=C\C/C=C\C/C=C\C/C=C\C/C=C\C/C=C\C/C=C\CCCCCCCC(=O)OCC(COC(=O)CCCCCCC)OC(=O)CCCCCCCCC/C=C\CCCCCCCC. The predicted molar refractivity (Wildman–Crippen MR) is 316 cm³/mol. The van der Waals surface area contributed by atoms with Crippen LogP contribution in [0.4, 0.5) is 0 Å². The van der Waals surface area contributed by atoms with E-state index >= 15 is 0 Å². The van der Waals surface area contributed by atoms with Crippen molar-refractivity contribution in [1.82, 2.24) is 0 Å². The number of hydrogen-bond donors (Lipinski definition) is 0. The van der Waals surface area contributed by atoms with E-state index in [1.165, 1.54) is 83.5 Å². The minimum atomic E-state index is -0.787. The first-order valence-electron chi connectivity index (χ1n) is 30.0. The van der Waals surface area contributed by atoms with Crippen molar-refractivity contribution in [2.45, 2.75) is 271 Å². The number of unbranched alkanes of at least 4 members (excludes halogenated alkanes) is 22. The highest BCUT2D eigenvalue weighted by atomic mass is 16.6. The van der Waals surface area contributed by atoms with Crippen LogP contribution in [0.15, 0.2) is 122 Å². The van der Waals surface area contributed by atoms with E-state index in [1.54, 1.807) is 0 Å². The van der Waals surface area contributed by atoms with Crippen molar-refractivity contribution in [1.29, 1.82) is 0 Å². The molecule has 0 aromatic heterocycles. The van der Waals surface area contributed by atoms with Gasteiger partial charge in [-0.2, -0.15) is 0 Å². The summed E-state index contributed by atoms with van der Waals surface area (Å²) in [5.74, 6) is -0.927. The van der Waals surface area contributed by atoms with Crippen molar-refractivity contribution in [2.75, 3.05) is 13.2 Å². The van der Waals surface area contributed by atoms with Gasteiger partial charge < -0.3 is 14.2 Å². The summed E-state index contributed by atoms with van der Waals surface area (Å²) < 4.78 is 16.7. The van der Waals surface area contributed by atoms with Crippen molar-refractivity contribution in [3.8, 4) is 0 Å². The predicted octanol–water partition coefficient (Wildman–Crippen LogP) is 20.4. The van der Waals surface area contributed by atoms with Crippen LogP contribution in [-0.2, 0) is 28.6 Å². The van der Waals surface area contributed by atoms with Gasteiger partial charge in [0.25, 0.3) is 0 Å². The Balaban J connectivity index is 4.13. The maximum Gasteiger partial charge on any atom is 0.306 e. The minimum absolute atomic E-state index is 0.0879. The first-order chi connectivity index (χ1) is 36.0. The second kappa shape index (κ2) is 60.4. The molecule has 6 heteroatoms. The van der Waals surface area contributed by atoms with Crippen LogP contribution in [0.5, 0.6) is 0 Å². The zero-order valence-corrected chi connectivity index (χ0v) is 47.4. The van der Waals surface area contributed by atoms with E-state index in [1.807, 2.05) is 0 Å². The third kappa shape index (κ3) is 58.6. The molecule has 0 saturated carbocycles. The van der Waals surface area contributed by atoms with Gasteiger partial charge in [-0.25, -0.2) is 0 Å². The number of ether oxygens (including phenoxy) is 3. The molecule has 0 spiro atoms. The summed E-state index contributed by atoms with van der Waals surface area (Å²) in [7, 11) is 0. The summed E-state index contributed by atoms with van der Waals surface area (Å²) in [4.78, 5) is 37.8. The molecular weight excluding hydrogens is 901 g/mol. The lowest BCUT2D eigenvalue weighted by Gasteiger charge is -2.18. The van der Waals surface area contributed by atoms with Crippen LogP contribution in [0, 0.1) is 0 Å². The molecule has 1 unspecified atom stereocenters. The second-order valence-electron chi connectivity index (χ2n) is 19.5. The Morgan fingerprint density at radius 3 is 0.849 bits per heavy atom. The Morgan fingerprint density at radius 2 is 0.534 bits per heavy atom. The number of carbonyl (C=O) groups excluding carboxylic acids is 3. The quantitative estimate of drug-likeness (QED) is 0.0261. The molecule has 0 saturated heterocycles. The van der Waals surface area contributed by atoms with E-state index in [-0.39, 0.29) is 31.1 Å². The standard InChI is InChI=1S/C67H110O6/c1-4-7-10-13-15-17-19-21-23-25-26-27-28-29-30-31-32-33-34-35-36-37-38-39-40-42-43-45-47-49-51-54-57-60-66(69)72-63-64(62-71-65(68)59-56-53-12-9-6-3)73-67(70)61-58-55-52-50-48-46-44-41-24-22-20-18-16-14-11-8-5-2/h7,10,15,17,21-24,26-27,29-30,32-33,35-36,38-39,42-43,64H,4-6,8-9,11-14,16,18-20,25,28,31,34,37,40-41,44-63H2,1-3H3/b10-7-,17-15-,23-21-,24-22-,27-26-,30-29-,33-32-,36-35-,39-38-,43-42-. The zero-order chi connectivity index (χ0) is 52.9. The third-order valence-electron chi connectivity index (χ3n) is 12.5.